The number of nitrogens with zero attached hydrogens (tertiary/aromatic N) is 6. The molecule has 0 fully saturated rings. The molecular weight excluding hydrogens is 729 g/mol. The van der Waals surface area contributed by atoms with E-state index in [1.54, 1.807) is 42.0 Å². The Bertz CT molecular complexity index is 2230. The van der Waals surface area contributed by atoms with Crippen LogP contribution in [0.1, 0.15) is 49.4 Å². The molecule has 1 aliphatic heterocycles. The van der Waals surface area contributed by atoms with Gasteiger partial charge in [-0.2, -0.15) is 28.4 Å². The Hall–Kier alpha value is -5.15. The third-order valence-electron chi connectivity index (χ3n) is 9.32. The molecule has 10 nitrogen and oxygen atoms in total. The van der Waals surface area contributed by atoms with Crippen LogP contribution in [0.4, 0.5) is 47.4 Å². The quantitative estimate of drug-likeness (QED) is 0.128. The van der Waals surface area contributed by atoms with Gasteiger partial charge in [-0.1, -0.05) is 19.1 Å². The number of nitriles is 1. The first-order valence-electron chi connectivity index (χ1n) is 16.4. The molecule has 0 aliphatic carbocycles. The Morgan fingerprint density at radius 3 is 2.57 bits per heavy atom. The highest BCUT2D eigenvalue weighted by Crippen LogP contribution is 2.53. The minimum atomic E-state index is -5.26. The van der Waals surface area contributed by atoms with E-state index in [0.29, 0.717) is 23.3 Å². The number of ether oxygens (including phenoxy) is 2. The molecular formula is C35H33F7N8O2S. The van der Waals surface area contributed by atoms with Gasteiger partial charge in [-0.05, 0) is 38.1 Å². The summed E-state index contributed by atoms with van der Waals surface area (Å²) in [5.41, 5.74) is 8.71. The number of halogens is 7. The SMILES string of the molecule is CCC(COc1nc2c3c(c(C(F)(F)F)c(-c4ccc(F)c5sc(N)c(C#N)c45)c(F)c3n1)OCCN2[C@H](C)c1cccnc1N)N(C)CCC(F)F. The third-order valence-corrected chi connectivity index (χ3v) is 10.3. The maximum atomic E-state index is 17.3. The molecule has 2 aromatic carbocycles. The molecule has 4 N–H and O–H groups in total. The molecule has 0 spiro atoms. The molecule has 280 valence electrons. The number of nitrogen functional groups attached to an aromatic ring is 2. The highest BCUT2D eigenvalue weighted by Gasteiger charge is 2.44. The van der Waals surface area contributed by atoms with Crippen LogP contribution in [0.3, 0.4) is 0 Å². The molecule has 18 heteroatoms. The Morgan fingerprint density at radius 2 is 1.91 bits per heavy atom. The van der Waals surface area contributed by atoms with Crippen LogP contribution in [0.25, 0.3) is 32.1 Å². The fraction of sp³-hybridized carbons (Fsp3) is 0.371. The van der Waals surface area contributed by atoms with Crippen LogP contribution >= 0.6 is 11.3 Å². The van der Waals surface area contributed by atoms with Gasteiger partial charge in [0.1, 0.15) is 58.6 Å². The maximum absolute atomic E-state index is 17.3. The highest BCUT2D eigenvalue weighted by molar-refractivity contribution is 7.23. The van der Waals surface area contributed by atoms with E-state index in [1.807, 2.05) is 6.92 Å². The van der Waals surface area contributed by atoms with Gasteiger partial charge in [0.05, 0.1) is 28.2 Å². The maximum Gasteiger partial charge on any atom is 0.420 e. The highest BCUT2D eigenvalue weighted by atomic mass is 32.1. The Labute approximate surface area is 302 Å². The number of nitrogens with two attached hydrogens (primary N) is 2. The number of thiophene rings is 1. The topological polar surface area (TPSA) is 139 Å². The molecule has 0 radical (unpaired) electrons. The standard InChI is InChI=1S/C35H33F7N8O2S/c1-4-17(49(3)11-9-22(37)38)15-52-34-47-28-25-29(51-13-12-50(33(25)48-34)16(2)18-6-5-10-46-31(18)44)26(35(40,41)42)24(27(28)39)19-7-8-21(36)30-23(19)20(14-43)32(45)53-30/h5-8,10,16-17,22H,4,9,11-13,15,45H2,1-3H3,(H2,44,46)/t16-,17?/m1/s1. The Morgan fingerprint density at radius 1 is 1.15 bits per heavy atom. The molecule has 4 heterocycles. The lowest BCUT2D eigenvalue weighted by atomic mass is 9.91. The summed E-state index contributed by atoms with van der Waals surface area (Å²) >= 11 is 0.644. The molecule has 0 saturated carbocycles. The van der Waals surface area contributed by atoms with Gasteiger partial charge in [0.25, 0.3) is 0 Å². The van der Waals surface area contributed by atoms with E-state index in [2.05, 4.69) is 15.0 Å². The molecule has 2 atom stereocenters. The van der Waals surface area contributed by atoms with Gasteiger partial charge < -0.3 is 25.8 Å². The lowest BCUT2D eigenvalue weighted by Crippen LogP contribution is -2.37. The summed E-state index contributed by atoms with van der Waals surface area (Å²) < 4.78 is 116. The first-order valence-corrected chi connectivity index (χ1v) is 17.3. The number of aromatic nitrogens is 3. The van der Waals surface area contributed by atoms with Gasteiger partial charge in [-0.3, -0.25) is 4.90 Å². The molecule has 53 heavy (non-hydrogen) atoms. The first kappa shape index (κ1) is 37.6. The largest absolute Gasteiger partial charge is 0.490 e. The van der Waals surface area contributed by atoms with Crippen molar-refractivity contribution in [2.75, 3.05) is 49.7 Å². The zero-order valence-corrected chi connectivity index (χ0v) is 29.4. The van der Waals surface area contributed by atoms with Gasteiger partial charge in [0.15, 0.2) is 5.82 Å². The van der Waals surface area contributed by atoms with Crippen molar-refractivity contribution in [3.8, 4) is 29.0 Å². The molecule has 1 unspecified atom stereocenters. The van der Waals surface area contributed by atoms with Crippen LogP contribution < -0.4 is 25.8 Å². The van der Waals surface area contributed by atoms with Crippen molar-refractivity contribution in [3.05, 3.63) is 58.8 Å². The molecule has 6 rings (SSSR count). The van der Waals surface area contributed by atoms with Gasteiger partial charge in [-0.25, -0.2) is 22.5 Å². The second kappa shape index (κ2) is 14.7. The minimum absolute atomic E-state index is 0.0457. The van der Waals surface area contributed by atoms with Crippen LogP contribution in [-0.4, -0.2) is 65.7 Å². The summed E-state index contributed by atoms with van der Waals surface area (Å²) in [6.45, 7) is 3.05. The molecule has 5 aromatic rings. The predicted molar refractivity (Wildman–Crippen MR) is 187 cm³/mol. The molecule has 1 aliphatic rings. The number of anilines is 3. The number of pyridine rings is 1. The van der Waals surface area contributed by atoms with Gasteiger partial charge in [-0.15, -0.1) is 11.3 Å². The third kappa shape index (κ3) is 6.90. The number of benzene rings is 2. The minimum Gasteiger partial charge on any atom is -0.490 e. The number of hydrogen-bond donors (Lipinski definition) is 2. The number of alkyl halides is 5. The molecule has 0 amide bonds. The second-order valence-corrected chi connectivity index (χ2v) is 13.5. The zero-order valence-electron chi connectivity index (χ0n) is 28.6. The summed E-state index contributed by atoms with van der Waals surface area (Å²) in [7, 11) is 1.64. The average Bonchev–Trinajstić information content (AvgIpc) is 3.34. The predicted octanol–water partition coefficient (Wildman–Crippen LogP) is 7.94. The Kier molecular flexibility index (Phi) is 10.4. The normalized spacial score (nSPS) is 14.4. The van der Waals surface area contributed by atoms with E-state index >= 15 is 22.0 Å². The number of fused-ring (bicyclic) bond motifs is 1. The van der Waals surface area contributed by atoms with Crippen LogP contribution in [0.2, 0.25) is 0 Å². The number of hydrogen-bond acceptors (Lipinski definition) is 11. The molecule has 0 bridgehead atoms. The van der Waals surface area contributed by atoms with E-state index in [4.69, 9.17) is 20.9 Å². The van der Waals surface area contributed by atoms with E-state index in [-0.39, 0.29) is 65.0 Å². The van der Waals surface area contributed by atoms with E-state index in [0.717, 1.165) is 12.1 Å². The van der Waals surface area contributed by atoms with Crippen molar-refractivity contribution in [2.45, 2.75) is 51.4 Å². The van der Waals surface area contributed by atoms with Gasteiger partial charge in [0.2, 0.25) is 6.43 Å². The van der Waals surface area contributed by atoms with E-state index < -0.39 is 75.7 Å². The van der Waals surface area contributed by atoms with Crippen LogP contribution in [0, 0.1) is 23.0 Å². The summed E-state index contributed by atoms with van der Waals surface area (Å²) in [5.74, 6) is -3.13. The van der Waals surface area contributed by atoms with Crippen molar-refractivity contribution in [1.82, 2.24) is 19.9 Å². The average molecular weight is 763 g/mol. The summed E-state index contributed by atoms with van der Waals surface area (Å²) in [5, 5.41) is 9.01. The number of likely N-dealkylation sites (N-methyl/N-ethyl adjacent to an activating group) is 1. The Balaban J connectivity index is 1.65. The van der Waals surface area contributed by atoms with Crippen molar-refractivity contribution in [1.29, 1.82) is 5.26 Å². The summed E-state index contributed by atoms with van der Waals surface area (Å²) in [6.07, 6.45) is -6.23. The summed E-state index contributed by atoms with van der Waals surface area (Å²) in [4.78, 5) is 16.2. The first-order chi connectivity index (χ1) is 25.2. The van der Waals surface area contributed by atoms with Crippen LogP contribution in [0.15, 0.2) is 30.5 Å². The lowest BCUT2D eigenvalue weighted by Gasteiger charge is -2.30. The van der Waals surface area contributed by atoms with E-state index in [1.165, 1.54) is 6.20 Å². The van der Waals surface area contributed by atoms with Crippen LogP contribution in [0.5, 0.6) is 11.8 Å². The van der Waals surface area contributed by atoms with Gasteiger partial charge >= 0.3 is 12.2 Å². The van der Waals surface area contributed by atoms with Crippen molar-refractivity contribution in [3.63, 3.8) is 0 Å². The summed E-state index contributed by atoms with van der Waals surface area (Å²) in [6, 6.07) is 5.43. The number of rotatable bonds is 11. The van der Waals surface area contributed by atoms with Crippen LogP contribution in [-0.2, 0) is 6.18 Å². The fourth-order valence-electron chi connectivity index (χ4n) is 6.60. The van der Waals surface area contributed by atoms with Crippen molar-refractivity contribution >= 4 is 49.0 Å². The van der Waals surface area contributed by atoms with Crippen molar-refractivity contribution in [2.24, 2.45) is 0 Å². The monoisotopic (exact) mass is 762 g/mol. The second-order valence-electron chi connectivity index (χ2n) is 12.4. The van der Waals surface area contributed by atoms with Gasteiger partial charge in [0, 0.05) is 41.7 Å². The molecule has 0 saturated heterocycles. The lowest BCUT2D eigenvalue weighted by molar-refractivity contribution is -0.138. The van der Waals surface area contributed by atoms with E-state index in [9.17, 15) is 14.0 Å². The molecule has 3 aromatic heterocycles. The fourth-order valence-corrected chi connectivity index (χ4v) is 7.55. The zero-order chi connectivity index (χ0) is 38.4. The smallest absolute Gasteiger partial charge is 0.420 e. The van der Waals surface area contributed by atoms with Crippen molar-refractivity contribution < 1.29 is 40.2 Å².